The minimum absolute atomic E-state index is 0.139. The number of amides is 1. The molecule has 7 nitrogen and oxygen atoms in total. The number of likely N-dealkylation sites (N-methyl/N-ethyl adjacent to an activating group) is 1. The van der Waals surface area contributed by atoms with E-state index in [1.807, 2.05) is 25.1 Å². The van der Waals surface area contributed by atoms with E-state index in [1.165, 1.54) is 17.2 Å². The summed E-state index contributed by atoms with van der Waals surface area (Å²) in [4.78, 5) is 16.3. The van der Waals surface area contributed by atoms with Crippen LogP contribution in [0.5, 0.6) is 11.5 Å². The van der Waals surface area contributed by atoms with Crippen LogP contribution in [0.25, 0.3) is 0 Å². The SMILES string of the molecule is CN(C)CCN(Cc1ccc2c(c1)OCO2)C(=O)c1ccnn1C(F)F. The van der Waals surface area contributed by atoms with E-state index in [0.29, 0.717) is 29.3 Å². The lowest BCUT2D eigenvalue weighted by atomic mass is 10.1. The molecule has 140 valence electrons. The maximum Gasteiger partial charge on any atom is 0.333 e. The zero-order chi connectivity index (χ0) is 18.7. The second-order valence-corrected chi connectivity index (χ2v) is 6.16. The van der Waals surface area contributed by atoms with Crippen molar-refractivity contribution in [3.63, 3.8) is 0 Å². The van der Waals surface area contributed by atoms with E-state index in [2.05, 4.69) is 5.10 Å². The Kier molecular flexibility index (Phi) is 5.36. The first-order valence-corrected chi connectivity index (χ1v) is 8.10. The van der Waals surface area contributed by atoms with Gasteiger partial charge in [-0.2, -0.15) is 18.6 Å². The number of alkyl halides is 2. The van der Waals surface area contributed by atoms with E-state index < -0.39 is 12.5 Å². The van der Waals surface area contributed by atoms with E-state index in [1.54, 1.807) is 12.1 Å². The van der Waals surface area contributed by atoms with Crippen LogP contribution >= 0.6 is 0 Å². The van der Waals surface area contributed by atoms with Crippen molar-refractivity contribution in [2.45, 2.75) is 13.1 Å². The summed E-state index contributed by atoms with van der Waals surface area (Å²) in [6.45, 7) is -1.47. The van der Waals surface area contributed by atoms with Crippen molar-refractivity contribution in [1.29, 1.82) is 0 Å². The molecule has 0 aliphatic carbocycles. The molecule has 2 aromatic rings. The molecule has 3 rings (SSSR count). The normalized spacial score (nSPS) is 12.8. The number of hydrogen-bond donors (Lipinski definition) is 0. The topological polar surface area (TPSA) is 59.8 Å². The highest BCUT2D eigenvalue weighted by Gasteiger charge is 2.24. The summed E-state index contributed by atoms with van der Waals surface area (Å²) >= 11 is 0. The summed E-state index contributed by atoms with van der Waals surface area (Å²) < 4.78 is 37.2. The van der Waals surface area contributed by atoms with Crippen LogP contribution in [0.1, 0.15) is 22.6 Å². The summed E-state index contributed by atoms with van der Waals surface area (Å²) in [5.74, 6) is 0.762. The Labute approximate surface area is 149 Å². The molecule has 1 aliphatic rings. The largest absolute Gasteiger partial charge is 0.454 e. The van der Waals surface area contributed by atoms with Gasteiger partial charge in [-0.05, 0) is 37.9 Å². The Hall–Kier alpha value is -2.68. The predicted octanol–water partition coefficient (Wildman–Crippen LogP) is 2.21. The van der Waals surface area contributed by atoms with Gasteiger partial charge in [-0.15, -0.1) is 0 Å². The molecule has 0 N–H and O–H groups in total. The average molecular weight is 366 g/mol. The molecule has 1 aliphatic heterocycles. The minimum Gasteiger partial charge on any atom is -0.454 e. The van der Waals surface area contributed by atoms with Gasteiger partial charge in [-0.25, -0.2) is 0 Å². The van der Waals surface area contributed by atoms with Crippen molar-refractivity contribution in [3.05, 3.63) is 41.7 Å². The van der Waals surface area contributed by atoms with Crippen molar-refractivity contribution in [2.75, 3.05) is 34.0 Å². The monoisotopic (exact) mass is 366 g/mol. The first-order chi connectivity index (χ1) is 12.5. The van der Waals surface area contributed by atoms with E-state index >= 15 is 0 Å². The summed E-state index contributed by atoms with van der Waals surface area (Å²) in [7, 11) is 3.76. The van der Waals surface area contributed by atoms with Crippen LogP contribution in [0, 0.1) is 0 Å². The molecule has 0 bridgehead atoms. The van der Waals surface area contributed by atoms with Crippen LogP contribution < -0.4 is 9.47 Å². The van der Waals surface area contributed by atoms with E-state index in [-0.39, 0.29) is 19.0 Å². The maximum absolute atomic E-state index is 13.1. The van der Waals surface area contributed by atoms with E-state index in [9.17, 15) is 13.6 Å². The van der Waals surface area contributed by atoms with Gasteiger partial charge in [0, 0.05) is 25.8 Å². The molecule has 2 heterocycles. The Bertz CT molecular complexity index is 779. The standard InChI is InChI=1S/C17H20F2N4O3/c1-21(2)7-8-22(16(24)13-5-6-20-23(13)17(18)19)10-12-3-4-14-15(9-12)26-11-25-14/h3-6,9,17H,7-8,10-11H2,1-2H3. The number of rotatable bonds is 7. The maximum atomic E-state index is 13.1. The first-order valence-electron chi connectivity index (χ1n) is 8.10. The zero-order valence-corrected chi connectivity index (χ0v) is 14.6. The van der Waals surface area contributed by atoms with Crippen molar-refractivity contribution >= 4 is 5.91 Å². The second-order valence-electron chi connectivity index (χ2n) is 6.16. The van der Waals surface area contributed by atoms with Crippen LogP contribution in [0.4, 0.5) is 8.78 Å². The lowest BCUT2D eigenvalue weighted by Crippen LogP contribution is -2.37. The smallest absolute Gasteiger partial charge is 0.333 e. The third kappa shape index (κ3) is 3.93. The number of nitrogens with zero attached hydrogens (tertiary/aromatic N) is 4. The molecule has 0 spiro atoms. The number of aromatic nitrogens is 2. The molecule has 0 unspecified atom stereocenters. The molecule has 0 fully saturated rings. The third-order valence-electron chi connectivity index (χ3n) is 3.99. The molecule has 26 heavy (non-hydrogen) atoms. The van der Waals surface area contributed by atoms with Crippen molar-refractivity contribution in [2.24, 2.45) is 0 Å². The minimum atomic E-state index is -2.87. The third-order valence-corrected chi connectivity index (χ3v) is 3.99. The van der Waals surface area contributed by atoms with Gasteiger partial charge in [0.15, 0.2) is 11.5 Å². The molecular weight excluding hydrogens is 346 g/mol. The molecule has 1 aromatic heterocycles. The Morgan fingerprint density at radius 1 is 1.23 bits per heavy atom. The van der Waals surface area contributed by atoms with E-state index in [0.717, 1.165) is 5.56 Å². The van der Waals surface area contributed by atoms with Gasteiger partial charge in [0.05, 0.1) is 0 Å². The summed E-state index contributed by atoms with van der Waals surface area (Å²) in [6, 6.07) is 6.70. The fourth-order valence-electron chi connectivity index (χ4n) is 2.63. The second kappa shape index (κ2) is 7.69. The number of benzene rings is 1. The number of carbonyl (C=O) groups excluding carboxylic acids is 1. The van der Waals surface area contributed by atoms with Gasteiger partial charge < -0.3 is 19.3 Å². The fourth-order valence-corrected chi connectivity index (χ4v) is 2.63. The Morgan fingerprint density at radius 3 is 2.73 bits per heavy atom. The Morgan fingerprint density at radius 2 is 2.00 bits per heavy atom. The summed E-state index contributed by atoms with van der Waals surface area (Å²) in [5.41, 5.74) is 0.684. The molecule has 0 atom stereocenters. The molecule has 0 saturated carbocycles. The van der Waals surface area contributed by atoms with E-state index in [4.69, 9.17) is 9.47 Å². The lowest BCUT2D eigenvalue weighted by molar-refractivity contribution is 0.0457. The van der Waals surface area contributed by atoms with Crippen LogP contribution in [-0.2, 0) is 6.54 Å². The fraction of sp³-hybridized carbons (Fsp3) is 0.412. The van der Waals surface area contributed by atoms with Gasteiger partial charge in [0.1, 0.15) is 5.69 Å². The zero-order valence-electron chi connectivity index (χ0n) is 14.6. The number of ether oxygens (including phenoxy) is 2. The molecule has 0 radical (unpaired) electrons. The number of carbonyl (C=O) groups is 1. The highest BCUT2D eigenvalue weighted by Crippen LogP contribution is 2.33. The van der Waals surface area contributed by atoms with Gasteiger partial charge in [0.2, 0.25) is 6.79 Å². The molecular formula is C17H20F2N4O3. The number of fused-ring (bicyclic) bond motifs is 1. The van der Waals surface area contributed by atoms with Gasteiger partial charge in [-0.3, -0.25) is 4.79 Å². The predicted molar refractivity (Wildman–Crippen MR) is 89.3 cm³/mol. The Balaban J connectivity index is 1.82. The van der Waals surface area contributed by atoms with Crippen molar-refractivity contribution in [3.8, 4) is 11.5 Å². The molecule has 0 saturated heterocycles. The molecule has 1 aromatic carbocycles. The molecule has 1 amide bonds. The first kappa shape index (κ1) is 18.1. The highest BCUT2D eigenvalue weighted by molar-refractivity contribution is 5.92. The average Bonchev–Trinajstić information content (AvgIpc) is 3.26. The van der Waals surface area contributed by atoms with Crippen LogP contribution in [0.2, 0.25) is 0 Å². The van der Waals surface area contributed by atoms with Gasteiger partial charge in [-0.1, -0.05) is 6.07 Å². The number of halogens is 2. The van der Waals surface area contributed by atoms with Crippen molar-refractivity contribution in [1.82, 2.24) is 19.6 Å². The highest BCUT2D eigenvalue weighted by atomic mass is 19.3. The summed E-state index contributed by atoms with van der Waals surface area (Å²) in [6.07, 6.45) is 1.20. The van der Waals surface area contributed by atoms with Crippen LogP contribution in [0.3, 0.4) is 0 Å². The quantitative estimate of drug-likeness (QED) is 0.752. The molecule has 9 heteroatoms. The van der Waals surface area contributed by atoms with Crippen molar-refractivity contribution < 1.29 is 23.0 Å². The summed E-state index contributed by atoms with van der Waals surface area (Å²) in [5, 5.41) is 3.54. The van der Waals surface area contributed by atoms with Gasteiger partial charge in [0.25, 0.3) is 5.91 Å². The van der Waals surface area contributed by atoms with Gasteiger partial charge >= 0.3 is 6.55 Å². The van der Waals surface area contributed by atoms with Crippen LogP contribution in [-0.4, -0.2) is 59.5 Å². The number of hydrogen-bond acceptors (Lipinski definition) is 5. The lowest BCUT2D eigenvalue weighted by Gasteiger charge is -2.25. The van der Waals surface area contributed by atoms with Crippen LogP contribution in [0.15, 0.2) is 30.5 Å².